The summed E-state index contributed by atoms with van der Waals surface area (Å²) in [5, 5.41) is 10.1. The zero-order chi connectivity index (χ0) is 10.4. The number of hydrogen-bond acceptors (Lipinski definition) is 4. The molecule has 0 aromatic carbocycles. The maximum absolute atomic E-state index is 9.54. The summed E-state index contributed by atoms with van der Waals surface area (Å²) in [6.07, 6.45) is 1.10. The summed E-state index contributed by atoms with van der Waals surface area (Å²) in [5.41, 5.74) is 0. The smallest absolute Gasteiger partial charge is 0.0863 e. The first-order chi connectivity index (χ1) is 6.74. The van der Waals surface area contributed by atoms with Gasteiger partial charge < -0.3 is 14.6 Å². The molecule has 1 aliphatic heterocycles. The second kappa shape index (κ2) is 6.67. The van der Waals surface area contributed by atoms with Crippen molar-refractivity contribution >= 4 is 11.8 Å². The van der Waals surface area contributed by atoms with Gasteiger partial charge in [-0.2, -0.15) is 11.8 Å². The van der Waals surface area contributed by atoms with E-state index < -0.39 is 0 Å². The number of hydrogen-bond donors (Lipinski definition) is 1. The minimum absolute atomic E-state index is 0.333. The summed E-state index contributed by atoms with van der Waals surface area (Å²) in [4.78, 5) is 0. The summed E-state index contributed by atoms with van der Waals surface area (Å²) < 4.78 is 10.6. The second-order valence-electron chi connectivity index (χ2n) is 3.55. The summed E-state index contributed by atoms with van der Waals surface area (Å²) in [6, 6.07) is 0. The Labute approximate surface area is 90.2 Å². The second-order valence-corrected chi connectivity index (χ2v) is 4.82. The monoisotopic (exact) mass is 220 g/mol. The van der Waals surface area contributed by atoms with Crippen molar-refractivity contribution < 1.29 is 14.6 Å². The molecule has 0 amide bonds. The molecule has 0 aliphatic carbocycles. The molecular formula is C10H20O3S. The van der Waals surface area contributed by atoms with Gasteiger partial charge in [0.2, 0.25) is 0 Å². The summed E-state index contributed by atoms with van der Waals surface area (Å²) in [6.45, 7) is 6.02. The van der Waals surface area contributed by atoms with Crippen LogP contribution in [0, 0.1) is 0 Å². The molecule has 1 fully saturated rings. The molecule has 0 spiro atoms. The van der Waals surface area contributed by atoms with Crippen LogP contribution in [0.2, 0.25) is 0 Å². The van der Waals surface area contributed by atoms with Crippen molar-refractivity contribution in [1.82, 2.24) is 0 Å². The predicted octanol–water partition coefficient (Wildman–Crippen LogP) is 1.29. The first-order valence-electron chi connectivity index (χ1n) is 5.23. The molecule has 1 aliphatic rings. The van der Waals surface area contributed by atoms with E-state index in [1.54, 1.807) is 11.8 Å². The third-order valence-electron chi connectivity index (χ3n) is 2.32. The predicted molar refractivity (Wildman–Crippen MR) is 58.8 cm³/mol. The molecular weight excluding hydrogens is 200 g/mol. The van der Waals surface area contributed by atoms with Crippen LogP contribution < -0.4 is 0 Å². The summed E-state index contributed by atoms with van der Waals surface area (Å²) in [7, 11) is 0. The van der Waals surface area contributed by atoms with E-state index in [9.17, 15) is 5.11 Å². The van der Waals surface area contributed by atoms with Crippen LogP contribution in [0.5, 0.6) is 0 Å². The number of rotatable bonds is 6. The van der Waals surface area contributed by atoms with Gasteiger partial charge in [-0.15, -0.1) is 0 Å². The Hall–Kier alpha value is 0.230. The highest BCUT2D eigenvalue weighted by atomic mass is 32.2. The van der Waals surface area contributed by atoms with Crippen LogP contribution in [-0.4, -0.2) is 48.1 Å². The number of thioether (sulfide) groups is 1. The van der Waals surface area contributed by atoms with E-state index in [1.165, 1.54) is 0 Å². The van der Waals surface area contributed by atoms with E-state index in [4.69, 9.17) is 9.47 Å². The van der Waals surface area contributed by atoms with E-state index in [-0.39, 0.29) is 6.10 Å². The zero-order valence-corrected chi connectivity index (χ0v) is 9.76. The standard InChI is InChI=1S/C10H20O3S/c1-3-12-6-9(11)7-14-10-4-5-13-8(10)2/h8-11H,3-7H2,1-2H3. The van der Waals surface area contributed by atoms with E-state index in [1.807, 2.05) is 6.92 Å². The molecule has 1 heterocycles. The molecule has 0 radical (unpaired) electrons. The van der Waals surface area contributed by atoms with Gasteiger partial charge in [-0.3, -0.25) is 0 Å². The SMILES string of the molecule is CCOCC(O)CSC1CCOC1C. The van der Waals surface area contributed by atoms with Gasteiger partial charge in [0, 0.05) is 24.2 Å². The largest absolute Gasteiger partial charge is 0.390 e. The summed E-state index contributed by atoms with van der Waals surface area (Å²) in [5.74, 6) is 0.748. The third kappa shape index (κ3) is 4.17. The van der Waals surface area contributed by atoms with Gasteiger partial charge in [0.25, 0.3) is 0 Å². The summed E-state index contributed by atoms with van der Waals surface area (Å²) >= 11 is 1.80. The highest BCUT2D eigenvalue weighted by molar-refractivity contribution is 8.00. The van der Waals surface area contributed by atoms with Gasteiger partial charge >= 0.3 is 0 Å². The van der Waals surface area contributed by atoms with Crippen molar-refractivity contribution in [2.45, 2.75) is 37.7 Å². The minimum Gasteiger partial charge on any atom is -0.390 e. The van der Waals surface area contributed by atoms with Crippen LogP contribution in [0.25, 0.3) is 0 Å². The fraction of sp³-hybridized carbons (Fsp3) is 1.00. The van der Waals surface area contributed by atoms with Crippen LogP contribution >= 0.6 is 11.8 Å². The van der Waals surface area contributed by atoms with Gasteiger partial charge in [0.15, 0.2) is 0 Å². The van der Waals surface area contributed by atoms with Crippen LogP contribution in [0.3, 0.4) is 0 Å². The molecule has 3 atom stereocenters. The van der Waals surface area contributed by atoms with Crippen LogP contribution in [0.4, 0.5) is 0 Å². The van der Waals surface area contributed by atoms with E-state index >= 15 is 0 Å². The molecule has 0 aromatic rings. The van der Waals surface area contributed by atoms with Crippen molar-refractivity contribution in [1.29, 1.82) is 0 Å². The Morgan fingerprint density at radius 2 is 2.43 bits per heavy atom. The lowest BCUT2D eigenvalue weighted by Gasteiger charge is -2.16. The quantitative estimate of drug-likeness (QED) is 0.732. The zero-order valence-electron chi connectivity index (χ0n) is 8.94. The Balaban J connectivity index is 2.07. The number of aliphatic hydroxyl groups is 1. The molecule has 3 unspecified atom stereocenters. The molecule has 3 nitrogen and oxygen atoms in total. The molecule has 0 saturated carbocycles. The average molecular weight is 220 g/mol. The molecule has 1 saturated heterocycles. The van der Waals surface area contributed by atoms with Crippen LogP contribution in [-0.2, 0) is 9.47 Å². The molecule has 4 heteroatoms. The minimum atomic E-state index is -0.340. The van der Waals surface area contributed by atoms with Gasteiger partial charge in [-0.25, -0.2) is 0 Å². The van der Waals surface area contributed by atoms with Crippen LogP contribution in [0.15, 0.2) is 0 Å². The Morgan fingerprint density at radius 3 is 3.00 bits per heavy atom. The lowest BCUT2D eigenvalue weighted by Crippen LogP contribution is -2.22. The van der Waals surface area contributed by atoms with Gasteiger partial charge in [-0.1, -0.05) is 0 Å². The van der Waals surface area contributed by atoms with Crippen LogP contribution in [0.1, 0.15) is 20.3 Å². The molecule has 1 rings (SSSR count). The maximum atomic E-state index is 9.54. The average Bonchev–Trinajstić information content (AvgIpc) is 2.58. The lowest BCUT2D eigenvalue weighted by atomic mass is 10.3. The van der Waals surface area contributed by atoms with E-state index in [0.717, 1.165) is 18.8 Å². The fourth-order valence-electron chi connectivity index (χ4n) is 1.47. The third-order valence-corrected chi connectivity index (χ3v) is 3.95. The van der Waals surface area contributed by atoms with Gasteiger partial charge in [0.1, 0.15) is 0 Å². The van der Waals surface area contributed by atoms with Gasteiger partial charge in [-0.05, 0) is 20.3 Å². The molecule has 14 heavy (non-hydrogen) atoms. The first kappa shape index (κ1) is 12.3. The Kier molecular flexibility index (Phi) is 5.86. The maximum Gasteiger partial charge on any atom is 0.0863 e. The van der Waals surface area contributed by atoms with Gasteiger partial charge in [0.05, 0.1) is 18.8 Å². The van der Waals surface area contributed by atoms with Crippen molar-refractivity contribution in [3.05, 3.63) is 0 Å². The Bertz CT molecular complexity index is 154. The first-order valence-corrected chi connectivity index (χ1v) is 6.28. The lowest BCUT2D eigenvalue weighted by molar-refractivity contribution is 0.0550. The number of aliphatic hydroxyl groups excluding tert-OH is 1. The van der Waals surface area contributed by atoms with E-state index in [0.29, 0.717) is 24.6 Å². The molecule has 1 N–H and O–H groups in total. The van der Waals surface area contributed by atoms with Crippen molar-refractivity contribution in [3.63, 3.8) is 0 Å². The van der Waals surface area contributed by atoms with Crippen molar-refractivity contribution in [2.75, 3.05) is 25.6 Å². The topological polar surface area (TPSA) is 38.7 Å². The normalized spacial score (nSPS) is 29.4. The highest BCUT2D eigenvalue weighted by Crippen LogP contribution is 2.26. The Morgan fingerprint density at radius 1 is 1.64 bits per heavy atom. The van der Waals surface area contributed by atoms with E-state index in [2.05, 4.69) is 6.92 Å². The molecule has 0 bridgehead atoms. The fourth-order valence-corrected chi connectivity index (χ4v) is 2.65. The molecule has 0 aromatic heterocycles. The highest BCUT2D eigenvalue weighted by Gasteiger charge is 2.25. The van der Waals surface area contributed by atoms with Crippen molar-refractivity contribution in [2.24, 2.45) is 0 Å². The number of ether oxygens (including phenoxy) is 2. The molecule has 84 valence electrons. The van der Waals surface area contributed by atoms with Crippen molar-refractivity contribution in [3.8, 4) is 0 Å².